The zero-order chi connectivity index (χ0) is 20.6. The van der Waals surface area contributed by atoms with Crippen LogP contribution in [0.3, 0.4) is 0 Å². The molecule has 1 fully saturated rings. The number of carbonyl (C=O) groups excluding carboxylic acids is 1. The molecular weight excluding hydrogens is 370 g/mol. The molecule has 152 valence electrons. The molecule has 29 heavy (non-hydrogen) atoms. The van der Waals surface area contributed by atoms with Crippen LogP contribution in [0.15, 0.2) is 48.5 Å². The molecule has 2 aromatic carbocycles. The molecule has 4 rings (SSSR count). The number of ether oxygens (including phenoxy) is 2. The van der Waals surface area contributed by atoms with Crippen molar-refractivity contribution in [1.82, 2.24) is 4.90 Å². The fourth-order valence-corrected chi connectivity index (χ4v) is 4.73. The second-order valence-electron chi connectivity index (χ2n) is 8.08. The molecule has 2 atom stereocenters. The maximum absolute atomic E-state index is 12.9. The minimum Gasteiger partial charge on any atom is -0.481 e. The monoisotopic (exact) mass is 395 g/mol. The second-order valence-corrected chi connectivity index (χ2v) is 8.08. The van der Waals surface area contributed by atoms with E-state index in [-0.39, 0.29) is 25.7 Å². The molecule has 1 saturated heterocycles. The molecule has 6 nitrogen and oxygen atoms in total. The first-order valence-electron chi connectivity index (χ1n) is 9.79. The number of hydrogen-bond acceptors (Lipinski definition) is 4. The van der Waals surface area contributed by atoms with Crippen LogP contribution in [0.4, 0.5) is 4.79 Å². The van der Waals surface area contributed by atoms with Gasteiger partial charge in [0.05, 0.1) is 18.1 Å². The Balaban J connectivity index is 1.53. The summed E-state index contributed by atoms with van der Waals surface area (Å²) in [4.78, 5) is 25.9. The predicted molar refractivity (Wildman–Crippen MR) is 108 cm³/mol. The first-order valence-corrected chi connectivity index (χ1v) is 9.79. The largest absolute Gasteiger partial charge is 0.481 e. The van der Waals surface area contributed by atoms with Crippen molar-refractivity contribution in [3.05, 3.63) is 59.7 Å². The van der Waals surface area contributed by atoms with Crippen molar-refractivity contribution in [1.29, 1.82) is 0 Å². The summed E-state index contributed by atoms with van der Waals surface area (Å²) >= 11 is 0. The van der Waals surface area contributed by atoms with Gasteiger partial charge in [0.2, 0.25) is 0 Å². The molecule has 2 aromatic rings. The van der Waals surface area contributed by atoms with Crippen LogP contribution in [0, 0.1) is 5.92 Å². The Morgan fingerprint density at radius 2 is 1.69 bits per heavy atom. The summed E-state index contributed by atoms with van der Waals surface area (Å²) < 4.78 is 11.0. The van der Waals surface area contributed by atoms with Gasteiger partial charge in [-0.05, 0) is 35.6 Å². The highest BCUT2D eigenvalue weighted by molar-refractivity contribution is 5.79. The minimum absolute atomic E-state index is 0.0297. The lowest BCUT2D eigenvalue weighted by Gasteiger charge is -2.33. The van der Waals surface area contributed by atoms with Gasteiger partial charge in [-0.3, -0.25) is 9.69 Å². The van der Waals surface area contributed by atoms with E-state index in [4.69, 9.17) is 9.47 Å². The van der Waals surface area contributed by atoms with Crippen LogP contribution in [0.5, 0.6) is 0 Å². The highest BCUT2D eigenvalue weighted by Gasteiger charge is 2.48. The second kappa shape index (κ2) is 7.52. The van der Waals surface area contributed by atoms with Gasteiger partial charge in [0.1, 0.15) is 6.61 Å². The van der Waals surface area contributed by atoms with Crippen LogP contribution in [0.25, 0.3) is 11.1 Å². The Kier molecular flexibility index (Phi) is 5.04. The predicted octanol–water partition coefficient (Wildman–Crippen LogP) is 3.75. The maximum Gasteiger partial charge on any atom is 0.410 e. The third-order valence-electron chi connectivity index (χ3n) is 6.10. The van der Waals surface area contributed by atoms with E-state index in [1.807, 2.05) is 31.2 Å². The van der Waals surface area contributed by atoms with Crippen molar-refractivity contribution >= 4 is 12.1 Å². The molecule has 2 aliphatic rings. The number of nitrogens with zero attached hydrogens (tertiary/aromatic N) is 1. The third-order valence-corrected chi connectivity index (χ3v) is 6.10. The van der Waals surface area contributed by atoms with Crippen molar-refractivity contribution < 1.29 is 24.2 Å². The van der Waals surface area contributed by atoms with Crippen molar-refractivity contribution in [2.45, 2.75) is 24.8 Å². The summed E-state index contributed by atoms with van der Waals surface area (Å²) in [6.07, 6.45) is -0.143. The van der Waals surface area contributed by atoms with E-state index in [0.717, 1.165) is 11.1 Å². The maximum atomic E-state index is 12.9. The first-order chi connectivity index (χ1) is 13.9. The van der Waals surface area contributed by atoms with E-state index in [9.17, 15) is 14.7 Å². The normalized spacial score (nSPS) is 23.0. The number of carboxylic acid groups (broad SMARTS) is 1. The Hall–Kier alpha value is -2.86. The standard InChI is InChI=1S/C23H25NO5/c1-23(14-28-2)11-15(21(25)26)12-24(23)22(27)29-13-20-18-9-5-3-7-16(18)17-8-4-6-10-19(17)20/h3-10,15,20H,11-14H2,1-2H3,(H,25,26)/t15-,23-/m0/s1. The van der Waals surface area contributed by atoms with E-state index in [1.54, 1.807) is 7.11 Å². The third kappa shape index (κ3) is 3.38. The van der Waals surface area contributed by atoms with Gasteiger partial charge in [-0.15, -0.1) is 0 Å². The Bertz CT molecular complexity index is 897. The first kappa shape index (κ1) is 19.5. The molecule has 0 radical (unpaired) electrons. The number of methoxy groups -OCH3 is 1. The van der Waals surface area contributed by atoms with Crippen LogP contribution >= 0.6 is 0 Å². The van der Waals surface area contributed by atoms with Gasteiger partial charge >= 0.3 is 12.1 Å². The minimum atomic E-state index is -0.902. The Morgan fingerprint density at radius 3 is 2.24 bits per heavy atom. The molecule has 0 spiro atoms. The summed E-state index contributed by atoms with van der Waals surface area (Å²) in [6.45, 7) is 2.46. The molecule has 1 aliphatic heterocycles. The molecule has 1 aliphatic carbocycles. The number of likely N-dealkylation sites (tertiary alicyclic amines) is 1. The Labute approximate surface area is 170 Å². The van der Waals surface area contributed by atoms with Crippen molar-refractivity contribution in [2.75, 3.05) is 26.9 Å². The van der Waals surface area contributed by atoms with Gasteiger partial charge in [-0.2, -0.15) is 0 Å². The van der Waals surface area contributed by atoms with E-state index in [0.29, 0.717) is 6.42 Å². The van der Waals surface area contributed by atoms with Crippen molar-refractivity contribution in [3.63, 3.8) is 0 Å². The van der Waals surface area contributed by atoms with Gasteiger partial charge in [-0.25, -0.2) is 4.79 Å². The molecule has 0 saturated carbocycles. The summed E-state index contributed by atoms with van der Waals surface area (Å²) in [5.74, 6) is -1.55. The van der Waals surface area contributed by atoms with Crippen LogP contribution in [-0.4, -0.2) is 54.5 Å². The van der Waals surface area contributed by atoms with Crippen molar-refractivity contribution in [3.8, 4) is 11.1 Å². The van der Waals surface area contributed by atoms with Crippen LogP contribution < -0.4 is 0 Å². The summed E-state index contributed by atoms with van der Waals surface area (Å²) in [6, 6.07) is 16.3. The molecule has 0 aromatic heterocycles. The van der Waals surface area contributed by atoms with Crippen LogP contribution in [0.2, 0.25) is 0 Å². The lowest BCUT2D eigenvalue weighted by atomic mass is 9.95. The molecule has 1 heterocycles. The average molecular weight is 395 g/mol. The number of rotatable bonds is 5. The molecule has 0 unspecified atom stereocenters. The molecular formula is C23H25NO5. The van der Waals surface area contributed by atoms with E-state index in [2.05, 4.69) is 24.3 Å². The smallest absolute Gasteiger partial charge is 0.410 e. The van der Waals surface area contributed by atoms with E-state index in [1.165, 1.54) is 16.0 Å². The molecule has 1 amide bonds. The fourth-order valence-electron chi connectivity index (χ4n) is 4.73. The molecule has 1 N–H and O–H groups in total. The number of hydrogen-bond donors (Lipinski definition) is 1. The number of carboxylic acids is 1. The van der Waals surface area contributed by atoms with E-state index < -0.39 is 23.5 Å². The SMILES string of the molecule is COC[C@]1(C)C[C@H](C(=O)O)CN1C(=O)OCC1c2ccccc2-c2ccccc21. The zero-order valence-corrected chi connectivity index (χ0v) is 16.6. The number of aliphatic carboxylic acids is 1. The number of benzene rings is 2. The fraction of sp³-hybridized carbons (Fsp3) is 0.391. The van der Waals surface area contributed by atoms with Crippen molar-refractivity contribution in [2.24, 2.45) is 5.92 Å². The summed E-state index contributed by atoms with van der Waals surface area (Å²) in [7, 11) is 1.55. The molecule has 6 heteroatoms. The number of fused-ring (bicyclic) bond motifs is 3. The van der Waals surface area contributed by atoms with Gasteiger partial charge in [0.25, 0.3) is 0 Å². The lowest BCUT2D eigenvalue weighted by Crippen LogP contribution is -2.48. The van der Waals surface area contributed by atoms with E-state index >= 15 is 0 Å². The number of amides is 1. The average Bonchev–Trinajstić information content (AvgIpc) is 3.22. The molecule has 0 bridgehead atoms. The zero-order valence-electron chi connectivity index (χ0n) is 16.6. The van der Waals surface area contributed by atoms with Crippen LogP contribution in [-0.2, 0) is 14.3 Å². The Morgan fingerprint density at radius 1 is 1.10 bits per heavy atom. The van der Waals surface area contributed by atoms with Gasteiger partial charge in [-0.1, -0.05) is 48.5 Å². The van der Waals surface area contributed by atoms with Crippen LogP contribution in [0.1, 0.15) is 30.4 Å². The summed E-state index contributed by atoms with van der Waals surface area (Å²) in [5.41, 5.74) is 3.93. The quantitative estimate of drug-likeness (QED) is 0.835. The van der Waals surface area contributed by atoms with Gasteiger partial charge in [0, 0.05) is 19.6 Å². The summed E-state index contributed by atoms with van der Waals surface area (Å²) in [5, 5.41) is 9.41. The van der Waals surface area contributed by atoms with Gasteiger partial charge < -0.3 is 14.6 Å². The highest BCUT2D eigenvalue weighted by Crippen LogP contribution is 2.44. The lowest BCUT2D eigenvalue weighted by molar-refractivity contribution is -0.141. The number of carbonyl (C=O) groups is 2. The highest BCUT2D eigenvalue weighted by atomic mass is 16.6. The van der Waals surface area contributed by atoms with Gasteiger partial charge in [0.15, 0.2) is 0 Å². The topological polar surface area (TPSA) is 76.1 Å².